The molecule has 0 aromatic heterocycles. The molecule has 5 nitrogen and oxygen atoms in total. The minimum absolute atomic E-state index is 0.00677. The molecule has 29 heavy (non-hydrogen) atoms. The van der Waals surface area contributed by atoms with Crippen molar-refractivity contribution < 1.29 is 22.8 Å². The number of rotatable bonds is 9. The lowest BCUT2D eigenvalue weighted by molar-refractivity contribution is -0.137. The number of amides is 2. The first kappa shape index (κ1) is 25.2. The summed E-state index contributed by atoms with van der Waals surface area (Å²) in [5.41, 5.74) is -1.02. The molecule has 0 aliphatic heterocycles. The van der Waals surface area contributed by atoms with Crippen molar-refractivity contribution in [2.24, 2.45) is 11.8 Å². The van der Waals surface area contributed by atoms with Crippen LogP contribution in [-0.2, 0) is 15.8 Å². The van der Waals surface area contributed by atoms with Crippen LogP contribution in [0.25, 0.3) is 0 Å². The maximum atomic E-state index is 12.9. The van der Waals surface area contributed by atoms with Crippen LogP contribution in [-0.4, -0.2) is 54.8 Å². The first-order valence-electron chi connectivity index (χ1n) is 9.42. The van der Waals surface area contributed by atoms with Crippen molar-refractivity contribution >= 4 is 29.1 Å². The number of carbonyl (C=O) groups is 2. The summed E-state index contributed by atoms with van der Waals surface area (Å²) in [6, 6.07) is 3.18. The SMILES string of the molecule is CC(C)CN(CC(C)C)C(=O)CN(C)CC(=O)Nc1ccc(Cl)c(C(F)(F)F)c1. The van der Waals surface area contributed by atoms with E-state index in [1.807, 2.05) is 27.7 Å². The van der Waals surface area contributed by atoms with E-state index >= 15 is 0 Å². The highest BCUT2D eigenvalue weighted by Crippen LogP contribution is 2.36. The second-order valence-electron chi connectivity index (χ2n) is 8.00. The average Bonchev–Trinajstić information content (AvgIpc) is 2.53. The summed E-state index contributed by atoms with van der Waals surface area (Å²) in [6.45, 7) is 9.27. The van der Waals surface area contributed by atoms with Gasteiger partial charge in [0, 0.05) is 18.8 Å². The van der Waals surface area contributed by atoms with Crippen LogP contribution >= 0.6 is 11.6 Å². The number of hydrogen-bond acceptors (Lipinski definition) is 3. The van der Waals surface area contributed by atoms with Gasteiger partial charge in [-0.15, -0.1) is 0 Å². The highest BCUT2D eigenvalue weighted by molar-refractivity contribution is 6.31. The molecule has 1 N–H and O–H groups in total. The molecule has 0 heterocycles. The molecule has 0 radical (unpaired) electrons. The van der Waals surface area contributed by atoms with E-state index in [1.165, 1.54) is 11.0 Å². The summed E-state index contributed by atoms with van der Waals surface area (Å²) >= 11 is 5.58. The van der Waals surface area contributed by atoms with E-state index in [2.05, 4.69) is 5.32 Å². The molecule has 164 valence electrons. The lowest BCUT2D eigenvalue weighted by Crippen LogP contribution is -2.44. The molecule has 0 spiro atoms. The predicted octanol–water partition coefficient (Wildman–Crippen LogP) is 4.37. The van der Waals surface area contributed by atoms with Gasteiger partial charge < -0.3 is 10.2 Å². The Morgan fingerprint density at radius 3 is 2.10 bits per heavy atom. The summed E-state index contributed by atoms with van der Waals surface area (Å²) in [6.07, 6.45) is -4.61. The average molecular weight is 436 g/mol. The van der Waals surface area contributed by atoms with Gasteiger partial charge in [-0.25, -0.2) is 0 Å². The standard InChI is InChI=1S/C20H29ClF3N3O2/c1-13(2)9-27(10-14(3)4)19(29)12-26(5)11-18(28)25-15-6-7-17(21)16(8-15)20(22,23)24/h6-8,13-14H,9-12H2,1-5H3,(H,25,28). The summed E-state index contributed by atoms with van der Waals surface area (Å²) < 4.78 is 38.8. The quantitative estimate of drug-likeness (QED) is 0.626. The van der Waals surface area contributed by atoms with Crippen molar-refractivity contribution in [1.82, 2.24) is 9.80 Å². The predicted molar refractivity (Wildman–Crippen MR) is 109 cm³/mol. The van der Waals surface area contributed by atoms with Crippen LogP contribution in [0.15, 0.2) is 18.2 Å². The van der Waals surface area contributed by atoms with E-state index < -0.39 is 22.7 Å². The third kappa shape index (κ3) is 9.04. The number of anilines is 1. The Morgan fingerprint density at radius 2 is 1.62 bits per heavy atom. The summed E-state index contributed by atoms with van der Waals surface area (Å²) in [5.74, 6) is 0.0293. The number of carbonyl (C=O) groups excluding carboxylic acids is 2. The largest absolute Gasteiger partial charge is 0.417 e. The molecule has 0 bridgehead atoms. The highest BCUT2D eigenvalue weighted by atomic mass is 35.5. The normalized spacial score (nSPS) is 12.0. The van der Waals surface area contributed by atoms with Gasteiger partial charge in [0.15, 0.2) is 0 Å². The van der Waals surface area contributed by atoms with Gasteiger partial charge in [0.05, 0.1) is 23.7 Å². The summed E-state index contributed by atoms with van der Waals surface area (Å²) in [7, 11) is 1.61. The number of hydrogen-bond donors (Lipinski definition) is 1. The first-order valence-corrected chi connectivity index (χ1v) is 9.80. The van der Waals surface area contributed by atoms with Gasteiger partial charge in [-0.2, -0.15) is 13.2 Å². The van der Waals surface area contributed by atoms with Gasteiger partial charge in [0.25, 0.3) is 0 Å². The van der Waals surface area contributed by atoms with Crippen molar-refractivity contribution in [3.05, 3.63) is 28.8 Å². The van der Waals surface area contributed by atoms with E-state index in [0.29, 0.717) is 24.9 Å². The van der Waals surface area contributed by atoms with Crippen LogP contribution in [0.3, 0.4) is 0 Å². The fourth-order valence-corrected chi connectivity index (χ4v) is 3.04. The lowest BCUT2D eigenvalue weighted by Gasteiger charge is -2.28. The number of nitrogens with zero attached hydrogens (tertiary/aromatic N) is 2. The van der Waals surface area contributed by atoms with E-state index in [-0.39, 0.29) is 24.7 Å². The number of alkyl halides is 3. The van der Waals surface area contributed by atoms with Gasteiger partial charge in [-0.3, -0.25) is 14.5 Å². The van der Waals surface area contributed by atoms with Crippen LogP contribution < -0.4 is 5.32 Å². The molecule has 0 atom stereocenters. The van der Waals surface area contributed by atoms with Crippen LogP contribution in [0, 0.1) is 11.8 Å². The smallest absolute Gasteiger partial charge is 0.341 e. The van der Waals surface area contributed by atoms with Crippen molar-refractivity contribution in [2.45, 2.75) is 33.9 Å². The van der Waals surface area contributed by atoms with Crippen LogP contribution in [0.4, 0.5) is 18.9 Å². The zero-order chi connectivity index (χ0) is 22.4. The van der Waals surface area contributed by atoms with Gasteiger partial charge in [0.1, 0.15) is 0 Å². The molecule has 0 aliphatic rings. The Bertz CT molecular complexity index is 699. The van der Waals surface area contributed by atoms with Gasteiger partial charge in [0.2, 0.25) is 11.8 Å². The molecule has 9 heteroatoms. The van der Waals surface area contributed by atoms with Gasteiger partial charge in [-0.1, -0.05) is 39.3 Å². The fourth-order valence-electron chi connectivity index (χ4n) is 2.81. The second-order valence-corrected chi connectivity index (χ2v) is 8.41. The third-order valence-corrected chi connectivity index (χ3v) is 4.23. The highest BCUT2D eigenvalue weighted by Gasteiger charge is 2.33. The molecule has 1 rings (SSSR count). The lowest BCUT2D eigenvalue weighted by atomic mass is 10.1. The van der Waals surface area contributed by atoms with E-state index in [9.17, 15) is 22.8 Å². The topological polar surface area (TPSA) is 52.7 Å². The van der Waals surface area contributed by atoms with Crippen LogP contribution in [0.2, 0.25) is 5.02 Å². The Hall–Kier alpha value is -1.80. The fraction of sp³-hybridized carbons (Fsp3) is 0.600. The number of nitrogens with one attached hydrogen (secondary N) is 1. The Balaban J connectivity index is 2.69. The molecule has 0 aliphatic carbocycles. The molecule has 1 aromatic rings. The van der Waals surface area contributed by atoms with Crippen molar-refractivity contribution in [3.8, 4) is 0 Å². The van der Waals surface area contributed by atoms with E-state index in [4.69, 9.17) is 11.6 Å². The molecular formula is C20H29ClF3N3O2. The summed E-state index contributed by atoms with van der Waals surface area (Å²) in [4.78, 5) is 28.1. The Kier molecular flexibility index (Phi) is 9.42. The van der Waals surface area contributed by atoms with Crippen LogP contribution in [0.5, 0.6) is 0 Å². The van der Waals surface area contributed by atoms with Gasteiger partial charge >= 0.3 is 6.18 Å². The Morgan fingerprint density at radius 1 is 1.07 bits per heavy atom. The number of likely N-dealkylation sites (N-methyl/N-ethyl adjacent to an activating group) is 1. The minimum Gasteiger partial charge on any atom is -0.341 e. The minimum atomic E-state index is -4.61. The van der Waals surface area contributed by atoms with Crippen molar-refractivity contribution in [1.29, 1.82) is 0 Å². The van der Waals surface area contributed by atoms with E-state index in [0.717, 1.165) is 12.1 Å². The van der Waals surface area contributed by atoms with E-state index in [1.54, 1.807) is 11.9 Å². The zero-order valence-electron chi connectivity index (χ0n) is 17.4. The monoisotopic (exact) mass is 435 g/mol. The molecule has 1 aromatic carbocycles. The first-order chi connectivity index (χ1) is 13.3. The second kappa shape index (κ2) is 10.8. The Labute approximate surface area is 175 Å². The van der Waals surface area contributed by atoms with Gasteiger partial charge in [-0.05, 0) is 37.1 Å². The molecule has 0 saturated carbocycles. The van der Waals surface area contributed by atoms with Crippen molar-refractivity contribution in [3.63, 3.8) is 0 Å². The zero-order valence-corrected chi connectivity index (χ0v) is 18.2. The third-order valence-electron chi connectivity index (χ3n) is 3.90. The maximum Gasteiger partial charge on any atom is 0.417 e. The van der Waals surface area contributed by atoms with Crippen LogP contribution in [0.1, 0.15) is 33.3 Å². The van der Waals surface area contributed by atoms with Crippen molar-refractivity contribution in [2.75, 3.05) is 38.5 Å². The molecule has 0 unspecified atom stereocenters. The molecule has 2 amide bonds. The number of halogens is 4. The maximum absolute atomic E-state index is 12.9. The molecule has 0 fully saturated rings. The molecular weight excluding hydrogens is 407 g/mol. The number of benzene rings is 1. The molecule has 0 saturated heterocycles. The summed E-state index contributed by atoms with van der Waals surface area (Å²) in [5, 5.41) is 1.98.